The minimum atomic E-state index is -0.556. The fraction of sp³-hybridized carbons (Fsp3) is 0. The fourth-order valence-electron chi connectivity index (χ4n) is 1.21. The third-order valence-electron chi connectivity index (χ3n) is 1.82. The van der Waals surface area contributed by atoms with Gasteiger partial charge in [0.2, 0.25) is 5.43 Å². The normalized spacial score (nSPS) is 10.3. The average Bonchev–Trinajstić information content (AvgIpc) is 2.17. The Morgan fingerprint density at radius 2 is 2.21 bits per heavy atom. The van der Waals surface area contributed by atoms with Gasteiger partial charge in [0.05, 0.1) is 4.92 Å². The minimum Gasteiger partial charge on any atom is -0.354 e. The van der Waals surface area contributed by atoms with Crippen molar-refractivity contribution in [2.75, 3.05) is 0 Å². The zero-order valence-electron chi connectivity index (χ0n) is 6.93. The number of nitrogens with zero attached hydrogens (tertiary/aromatic N) is 2. The van der Waals surface area contributed by atoms with Gasteiger partial charge in [0.15, 0.2) is 0 Å². The van der Waals surface area contributed by atoms with Gasteiger partial charge >= 0.3 is 0 Å². The molecule has 2 rings (SSSR count). The van der Waals surface area contributed by atoms with Crippen LogP contribution in [0.4, 0.5) is 5.69 Å². The molecule has 0 saturated heterocycles. The molecule has 0 aromatic carbocycles. The molecule has 0 radical (unpaired) electrons. The Hall–Kier alpha value is -2.24. The Morgan fingerprint density at radius 3 is 2.93 bits per heavy atom. The molecule has 0 spiro atoms. The summed E-state index contributed by atoms with van der Waals surface area (Å²) >= 11 is 0. The second kappa shape index (κ2) is 2.91. The first kappa shape index (κ1) is 8.36. The Morgan fingerprint density at radius 1 is 1.43 bits per heavy atom. The van der Waals surface area contributed by atoms with Crippen molar-refractivity contribution >= 4 is 16.7 Å². The molecule has 0 aliphatic rings. The summed E-state index contributed by atoms with van der Waals surface area (Å²) < 4.78 is 0. The van der Waals surface area contributed by atoms with Crippen molar-refractivity contribution in [3.8, 4) is 0 Å². The van der Waals surface area contributed by atoms with Gasteiger partial charge in [-0.3, -0.25) is 19.9 Å². The summed E-state index contributed by atoms with van der Waals surface area (Å²) in [5.74, 6) is 0. The maximum absolute atomic E-state index is 11.2. The van der Waals surface area contributed by atoms with E-state index in [9.17, 15) is 14.9 Å². The molecule has 0 amide bonds. The van der Waals surface area contributed by atoms with Gasteiger partial charge in [-0.2, -0.15) is 0 Å². The lowest BCUT2D eigenvalue weighted by molar-refractivity contribution is -0.383. The lowest BCUT2D eigenvalue weighted by Crippen LogP contribution is -2.04. The van der Waals surface area contributed by atoms with Gasteiger partial charge in [0.25, 0.3) is 5.69 Å². The zero-order chi connectivity index (χ0) is 10.1. The first-order valence-corrected chi connectivity index (χ1v) is 3.81. The highest BCUT2D eigenvalue weighted by atomic mass is 16.6. The third kappa shape index (κ3) is 1.13. The van der Waals surface area contributed by atoms with E-state index < -0.39 is 4.92 Å². The summed E-state index contributed by atoms with van der Waals surface area (Å²) in [5, 5.41) is 10.6. The van der Waals surface area contributed by atoms with E-state index in [1.807, 2.05) is 0 Å². The molecule has 0 saturated carbocycles. The molecule has 0 bridgehead atoms. The number of hydrogen-bond acceptors (Lipinski definition) is 4. The second-order valence-corrected chi connectivity index (χ2v) is 2.65. The van der Waals surface area contributed by atoms with E-state index in [1.165, 1.54) is 24.5 Å². The van der Waals surface area contributed by atoms with E-state index >= 15 is 0 Å². The fourth-order valence-corrected chi connectivity index (χ4v) is 1.21. The van der Waals surface area contributed by atoms with Crippen LogP contribution in [0, 0.1) is 10.1 Å². The summed E-state index contributed by atoms with van der Waals surface area (Å²) in [6, 6.07) is 2.53. The topological polar surface area (TPSA) is 88.9 Å². The van der Waals surface area contributed by atoms with Crippen LogP contribution in [0.2, 0.25) is 0 Å². The third-order valence-corrected chi connectivity index (χ3v) is 1.82. The molecule has 1 N–H and O–H groups in total. The summed E-state index contributed by atoms with van der Waals surface area (Å²) in [7, 11) is 0. The molecule has 2 aromatic heterocycles. The second-order valence-electron chi connectivity index (χ2n) is 2.65. The van der Waals surface area contributed by atoms with Gasteiger partial charge in [-0.05, 0) is 0 Å². The molecule has 0 aliphatic heterocycles. The number of pyridine rings is 2. The predicted octanol–water partition coefficient (Wildman–Crippen LogP) is 0.831. The highest BCUT2D eigenvalue weighted by Crippen LogP contribution is 2.17. The summed E-state index contributed by atoms with van der Waals surface area (Å²) in [5.41, 5.74) is -0.234. The van der Waals surface area contributed by atoms with Crippen molar-refractivity contribution in [3.63, 3.8) is 0 Å². The molecule has 6 nitrogen and oxygen atoms in total. The Bertz CT molecular complexity index is 561. The van der Waals surface area contributed by atoms with E-state index in [2.05, 4.69) is 9.97 Å². The summed E-state index contributed by atoms with van der Waals surface area (Å²) in [4.78, 5) is 27.7. The van der Waals surface area contributed by atoms with Crippen LogP contribution in [-0.4, -0.2) is 14.9 Å². The van der Waals surface area contributed by atoms with Crippen molar-refractivity contribution < 1.29 is 4.92 Å². The molecule has 0 aliphatic carbocycles. The summed E-state index contributed by atoms with van der Waals surface area (Å²) in [6.45, 7) is 0. The molecule has 0 fully saturated rings. The van der Waals surface area contributed by atoms with Crippen molar-refractivity contribution in [2.45, 2.75) is 0 Å². The van der Waals surface area contributed by atoms with Crippen LogP contribution in [0.5, 0.6) is 0 Å². The molecule has 2 aromatic rings. The zero-order valence-corrected chi connectivity index (χ0v) is 6.93. The van der Waals surface area contributed by atoms with E-state index in [0.717, 1.165) is 0 Å². The van der Waals surface area contributed by atoms with Gasteiger partial charge in [0.1, 0.15) is 11.0 Å². The van der Waals surface area contributed by atoms with Crippen molar-refractivity contribution in [2.24, 2.45) is 0 Å². The molecular weight excluding hydrogens is 186 g/mol. The van der Waals surface area contributed by atoms with Crippen LogP contribution in [0.15, 0.2) is 29.3 Å². The van der Waals surface area contributed by atoms with Crippen molar-refractivity contribution in [1.82, 2.24) is 9.97 Å². The number of rotatable bonds is 1. The Kier molecular flexibility index (Phi) is 1.74. The monoisotopic (exact) mass is 191 g/mol. The average molecular weight is 191 g/mol. The van der Waals surface area contributed by atoms with E-state index in [0.29, 0.717) is 0 Å². The molecule has 6 heteroatoms. The maximum atomic E-state index is 11.2. The number of nitro groups is 1. The van der Waals surface area contributed by atoms with Crippen LogP contribution in [0.3, 0.4) is 0 Å². The highest BCUT2D eigenvalue weighted by molar-refractivity contribution is 5.82. The highest BCUT2D eigenvalue weighted by Gasteiger charge is 2.13. The summed E-state index contributed by atoms with van der Waals surface area (Å²) in [6.07, 6.45) is 2.61. The largest absolute Gasteiger partial charge is 0.354 e. The number of aromatic nitrogens is 2. The van der Waals surface area contributed by atoms with Crippen LogP contribution < -0.4 is 5.43 Å². The van der Waals surface area contributed by atoms with E-state index in [1.54, 1.807) is 0 Å². The number of nitrogens with one attached hydrogen (secondary N) is 1. The number of hydrogen-bond donors (Lipinski definition) is 1. The first-order valence-electron chi connectivity index (χ1n) is 3.81. The van der Waals surface area contributed by atoms with Gasteiger partial charge in [-0.1, -0.05) is 0 Å². The van der Waals surface area contributed by atoms with Crippen LogP contribution in [0.1, 0.15) is 0 Å². The quantitative estimate of drug-likeness (QED) is 0.534. The van der Waals surface area contributed by atoms with Gasteiger partial charge in [-0.25, -0.2) is 0 Å². The van der Waals surface area contributed by atoms with Gasteiger partial charge < -0.3 is 4.98 Å². The van der Waals surface area contributed by atoms with E-state index in [-0.39, 0.29) is 22.1 Å². The van der Waals surface area contributed by atoms with Gasteiger partial charge in [-0.15, -0.1) is 0 Å². The van der Waals surface area contributed by atoms with Crippen molar-refractivity contribution in [1.29, 1.82) is 0 Å². The van der Waals surface area contributed by atoms with Crippen LogP contribution in [0.25, 0.3) is 11.0 Å². The maximum Gasteiger partial charge on any atom is 0.296 e. The standard InChI is InChI=1S/C8H5N3O3/c12-6-2-4-9-7-5(11(13)14)1-3-10-8(6)7/h1-4H,(H,9,12). The Labute approximate surface area is 77.4 Å². The molecule has 0 unspecified atom stereocenters. The first-order chi connectivity index (χ1) is 6.70. The molecule has 14 heavy (non-hydrogen) atoms. The molecular formula is C8H5N3O3. The predicted molar refractivity (Wildman–Crippen MR) is 49.0 cm³/mol. The van der Waals surface area contributed by atoms with Crippen LogP contribution in [-0.2, 0) is 0 Å². The number of aromatic amines is 1. The molecule has 2 heterocycles. The van der Waals surface area contributed by atoms with E-state index in [4.69, 9.17) is 0 Å². The molecule has 0 atom stereocenters. The van der Waals surface area contributed by atoms with Crippen LogP contribution >= 0.6 is 0 Å². The van der Waals surface area contributed by atoms with Gasteiger partial charge in [0, 0.05) is 24.5 Å². The number of H-pyrrole nitrogens is 1. The smallest absolute Gasteiger partial charge is 0.296 e. The Balaban J connectivity index is 2.95. The van der Waals surface area contributed by atoms with Crippen molar-refractivity contribution in [3.05, 3.63) is 44.9 Å². The SMILES string of the molecule is O=c1cc[nH]c2c([N+](=O)[O-])ccnc12. The lowest BCUT2D eigenvalue weighted by Gasteiger charge is -1.96. The number of fused-ring (bicyclic) bond motifs is 1. The molecule has 70 valence electrons. The minimum absolute atomic E-state index is 0.0849. The lowest BCUT2D eigenvalue weighted by atomic mass is 10.3.